The Labute approximate surface area is 79.0 Å². The standard InChI is InChI=1S/C10H15N3/c1-7(2)13-9(4)10(5-6-11)8(3)12-13/h7H,5H2,1-4H3. The molecular weight excluding hydrogens is 162 g/mol. The summed E-state index contributed by atoms with van der Waals surface area (Å²) in [5.41, 5.74) is 3.18. The Morgan fingerprint density at radius 3 is 2.46 bits per heavy atom. The van der Waals surface area contributed by atoms with Gasteiger partial charge in [-0.25, -0.2) is 0 Å². The van der Waals surface area contributed by atoms with Crippen molar-refractivity contribution in [2.75, 3.05) is 0 Å². The van der Waals surface area contributed by atoms with Crippen molar-refractivity contribution < 1.29 is 0 Å². The van der Waals surface area contributed by atoms with E-state index in [4.69, 9.17) is 5.26 Å². The summed E-state index contributed by atoms with van der Waals surface area (Å²) in [6, 6.07) is 2.53. The fourth-order valence-corrected chi connectivity index (χ4v) is 1.53. The molecule has 0 unspecified atom stereocenters. The second-order valence-corrected chi connectivity index (χ2v) is 3.52. The Morgan fingerprint density at radius 1 is 1.46 bits per heavy atom. The summed E-state index contributed by atoms with van der Waals surface area (Å²) in [5, 5.41) is 13.0. The molecule has 0 amide bonds. The lowest BCUT2D eigenvalue weighted by atomic mass is 10.1. The van der Waals surface area contributed by atoms with Crippen molar-refractivity contribution in [3.63, 3.8) is 0 Å². The van der Waals surface area contributed by atoms with Crippen LogP contribution < -0.4 is 0 Å². The van der Waals surface area contributed by atoms with Gasteiger partial charge in [0.15, 0.2) is 0 Å². The third-order valence-corrected chi connectivity index (χ3v) is 2.22. The van der Waals surface area contributed by atoms with Gasteiger partial charge >= 0.3 is 0 Å². The molecule has 0 aromatic carbocycles. The first-order valence-electron chi connectivity index (χ1n) is 4.49. The molecule has 0 N–H and O–H groups in total. The number of nitrogens with zero attached hydrogens (tertiary/aromatic N) is 3. The average molecular weight is 177 g/mol. The highest BCUT2D eigenvalue weighted by Crippen LogP contribution is 2.16. The second kappa shape index (κ2) is 3.61. The number of nitriles is 1. The van der Waals surface area contributed by atoms with Crippen LogP contribution in [0, 0.1) is 25.2 Å². The van der Waals surface area contributed by atoms with Crippen LogP contribution >= 0.6 is 0 Å². The molecule has 0 aliphatic carbocycles. The minimum atomic E-state index is 0.367. The molecule has 0 fully saturated rings. The van der Waals surface area contributed by atoms with Crippen molar-refractivity contribution in [2.45, 2.75) is 40.2 Å². The van der Waals surface area contributed by atoms with Crippen LogP contribution in [0.1, 0.15) is 36.8 Å². The third kappa shape index (κ3) is 1.72. The van der Waals surface area contributed by atoms with Gasteiger partial charge in [-0.05, 0) is 27.7 Å². The van der Waals surface area contributed by atoms with E-state index in [0.29, 0.717) is 12.5 Å². The Balaban J connectivity index is 3.16. The summed E-state index contributed by atoms with van der Waals surface area (Å²) in [6.07, 6.45) is 0.463. The smallest absolute Gasteiger partial charge is 0.0671 e. The van der Waals surface area contributed by atoms with Gasteiger partial charge in [0.05, 0.1) is 18.2 Å². The maximum absolute atomic E-state index is 8.63. The van der Waals surface area contributed by atoms with Gasteiger partial charge in [-0.2, -0.15) is 10.4 Å². The maximum atomic E-state index is 8.63. The lowest BCUT2D eigenvalue weighted by Crippen LogP contribution is -2.05. The van der Waals surface area contributed by atoms with Crippen LogP contribution in [-0.4, -0.2) is 9.78 Å². The zero-order valence-corrected chi connectivity index (χ0v) is 8.63. The first kappa shape index (κ1) is 9.79. The van der Waals surface area contributed by atoms with E-state index >= 15 is 0 Å². The first-order chi connectivity index (χ1) is 6.07. The predicted molar refractivity (Wildman–Crippen MR) is 51.4 cm³/mol. The number of hydrogen-bond donors (Lipinski definition) is 0. The minimum Gasteiger partial charge on any atom is -0.267 e. The molecule has 0 saturated heterocycles. The topological polar surface area (TPSA) is 41.6 Å². The lowest BCUT2D eigenvalue weighted by Gasteiger charge is -2.07. The third-order valence-electron chi connectivity index (χ3n) is 2.22. The minimum absolute atomic E-state index is 0.367. The van der Waals surface area contributed by atoms with Crippen molar-refractivity contribution >= 4 is 0 Å². The van der Waals surface area contributed by atoms with E-state index < -0.39 is 0 Å². The molecule has 1 heterocycles. The van der Waals surface area contributed by atoms with Gasteiger partial charge in [0.2, 0.25) is 0 Å². The molecule has 0 aliphatic heterocycles. The highest BCUT2D eigenvalue weighted by Gasteiger charge is 2.12. The van der Waals surface area contributed by atoms with Crippen molar-refractivity contribution in [3.8, 4) is 6.07 Å². The average Bonchev–Trinajstić information content (AvgIpc) is 2.32. The first-order valence-corrected chi connectivity index (χ1v) is 4.49. The van der Waals surface area contributed by atoms with Crippen LogP contribution in [0.3, 0.4) is 0 Å². The summed E-state index contributed by atoms with van der Waals surface area (Å²) in [5.74, 6) is 0. The van der Waals surface area contributed by atoms with E-state index in [-0.39, 0.29) is 0 Å². The monoisotopic (exact) mass is 177 g/mol. The normalized spacial score (nSPS) is 10.5. The van der Waals surface area contributed by atoms with Crippen LogP contribution in [0.5, 0.6) is 0 Å². The van der Waals surface area contributed by atoms with Gasteiger partial charge in [0.1, 0.15) is 0 Å². The maximum Gasteiger partial charge on any atom is 0.0671 e. The predicted octanol–water partition coefficient (Wildman–Crippen LogP) is 2.15. The molecule has 1 aromatic rings. The SMILES string of the molecule is Cc1nn(C(C)C)c(C)c1CC#N. The number of aryl methyl sites for hydroxylation is 1. The molecule has 0 radical (unpaired) electrons. The summed E-state index contributed by atoms with van der Waals surface area (Å²) in [7, 11) is 0. The van der Waals surface area contributed by atoms with Crippen LogP contribution in [-0.2, 0) is 6.42 Å². The summed E-state index contributed by atoms with van der Waals surface area (Å²) in [4.78, 5) is 0. The summed E-state index contributed by atoms with van der Waals surface area (Å²) >= 11 is 0. The fourth-order valence-electron chi connectivity index (χ4n) is 1.53. The van der Waals surface area contributed by atoms with E-state index in [1.54, 1.807) is 0 Å². The van der Waals surface area contributed by atoms with E-state index in [1.807, 2.05) is 18.5 Å². The molecule has 0 bridgehead atoms. The van der Waals surface area contributed by atoms with E-state index in [2.05, 4.69) is 25.0 Å². The number of rotatable bonds is 2. The van der Waals surface area contributed by atoms with Gasteiger partial charge in [-0.1, -0.05) is 0 Å². The number of aromatic nitrogens is 2. The van der Waals surface area contributed by atoms with Crippen LogP contribution in [0.15, 0.2) is 0 Å². The van der Waals surface area contributed by atoms with Gasteiger partial charge in [0.25, 0.3) is 0 Å². The molecule has 0 saturated carbocycles. The van der Waals surface area contributed by atoms with Crippen molar-refractivity contribution in [2.24, 2.45) is 0 Å². The Morgan fingerprint density at radius 2 is 2.08 bits per heavy atom. The largest absolute Gasteiger partial charge is 0.267 e. The van der Waals surface area contributed by atoms with Gasteiger partial charge in [-0.15, -0.1) is 0 Å². The van der Waals surface area contributed by atoms with Crippen LogP contribution in [0.4, 0.5) is 0 Å². The van der Waals surface area contributed by atoms with Crippen LogP contribution in [0.25, 0.3) is 0 Å². The summed E-state index contributed by atoms with van der Waals surface area (Å²) in [6.45, 7) is 8.16. The highest BCUT2D eigenvalue weighted by atomic mass is 15.3. The molecule has 0 atom stereocenters. The molecule has 70 valence electrons. The molecular formula is C10H15N3. The zero-order chi connectivity index (χ0) is 10.0. The quantitative estimate of drug-likeness (QED) is 0.694. The van der Waals surface area contributed by atoms with Crippen molar-refractivity contribution in [1.29, 1.82) is 5.26 Å². The molecule has 3 heteroatoms. The van der Waals surface area contributed by atoms with E-state index in [9.17, 15) is 0 Å². The number of hydrogen-bond acceptors (Lipinski definition) is 2. The Hall–Kier alpha value is -1.30. The van der Waals surface area contributed by atoms with Gasteiger partial charge < -0.3 is 0 Å². The molecule has 13 heavy (non-hydrogen) atoms. The fraction of sp³-hybridized carbons (Fsp3) is 0.600. The van der Waals surface area contributed by atoms with Crippen molar-refractivity contribution in [1.82, 2.24) is 9.78 Å². The molecule has 3 nitrogen and oxygen atoms in total. The molecule has 0 aliphatic rings. The van der Waals surface area contributed by atoms with E-state index in [0.717, 1.165) is 17.0 Å². The lowest BCUT2D eigenvalue weighted by molar-refractivity contribution is 0.516. The second-order valence-electron chi connectivity index (χ2n) is 3.52. The van der Waals surface area contributed by atoms with Crippen molar-refractivity contribution in [3.05, 3.63) is 17.0 Å². The molecule has 0 spiro atoms. The van der Waals surface area contributed by atoms with Gasteiger partial charge in [-0.3, -0.25) is 4.68 Å². The zero-order valence-electron chi connectivity index (χ0n) is 8.63. The highest BCUT2D eigenvalue weighted by molar-refractivity contribution is 5.27. The Kier molecular flexibility index (Phi) is 2.72. The van der Waals surface area contributed by atoms with Gasteiger partial charge in [0, 0.05) is 17.3 Å². The van der Waals surface area contributed by atoms with Crippen LogP contribution in [0.2, 0.25) is 0 Å². The molecule has 1 aromatic heterocycles. The molecule has 1 rings (SSSR count). The summed E-state index contributed by atoms with van der Waals surface area (Å²) < 4.78 is 1.97. The van der Waals surface area contributed by atoms with E-state index in [1.165, 1.54) is 0 Å². The Bertz CT molecular complexity index is 342.